The summed E-state index contributed by atoms with van der Waals surface area (Å²) < 4.78 is 39.5. The first kappa shape index (κ1) is 24.9. The van der Waals surface area contributed by atoms with Crippen LogP contribution >= 0.6 is 15.9 Å². The molecular formula is C25H23BrN2O6S. The van der Waals surface area contributed by atoms with Crippen molar-refractivity contribution in [2.75, 3.05) is 25.1 Å². The molecule has 0 radical (unpaired) electrons. The van der Waals surface area contributed by atoms with Gasteiger partial charge in [-0.05, 0) is 42.0 Å². The van der Waals surface area contributed by atoms with E-state index < -0.39 is 34.5 Å². The number of hydrogen-bond donors (Lipinski definition) is 0. The molecule has 0 saturated heterocycles. The van der Waals surface area contributed by atoms with Gasteiger partial charge in [-0.25, -0.2) is 13.2 Å². The topological polar surface area (TPSA) is 93.2 Å². The molecule has 35 heavy (non-hydrogen) atoms. The largest absolute Gasteiger partial charge is 0.475 e. The minimum atomic E-state index is -4.02. The van der Waals surface area contributed by atoms with E-state index >= 15 is 0 Å². The number of esters is 1. The number of sulfonamides is 1. The van der Waals surface area contributed by atoms with E-state index in [0.717, 1.165) is 14.3 Å². The van der Waals surface area contributed by atoms with Crippen molar-refractivity contribution in [1.29, 1.82) is 0 Å². The van der Waals surface area contributed by atoms with E-state index in [0.29, 0.717) is 11.4 Å². The van der Waals surface area contributed by atoms with Crippen LogP contribution in [0.4, 0.5) is 5.69 Å². The molecule has 1 aliphatic heterocycles. The number of benzene rings is 3. The fourth-order valence-electron chi connectivity index (χ4n) is 3.73. The first-order valence-electron chi connectivity index (χ1n) is 10.7. The third-order valence-electron chi connectivity index (χ3n) is 5.50. The molecule has 1 heterocycles. The van der Waals surface area contributed by atoms with Crippen LogP contribution in [0.3, 0.4) is 0 Å². The number of ether oxygens (including phenoxy) is 2. The lowest BCUT2D eigenvalue weighted by atomic mass is 10.2. The zero-order valence-electron chi connectivity index (χ0n) is 18.8. The van der Waals surface area contributed by atoms with Gasteiger partial charge in [0.25, 0.3) is 0 Å². The molecule has 1 atom stereocenters. The van der Waals surface area contributed by atoms with Gasteiger partial charge in [0.05, 0.1) is 30.8 Å². The lowest BCUT2D eigenvalue weighted by Crippen LogP contribution is -2.50. The van der Waals surface area contributed by atoms with E-state index in [9.17, 15) is 18.0 Å². The lowest BCUT2D eigenvalue weighted by molar-refractivity contribution is -0.148. The minimum absolute atomic E-state index is 0.00258. The van der Waals surface area contributed by atoms with Gasteiger partial charge in [0.1, 0.15) is 5.75 Å². The predicted octanol–water partition coefficient (Wildman–Crippen LogP) is 3.61. The van der Waals surface area contributed by atoms with E-state index in [-0.39, 0.29) is 18.0 Å². The SMILES string of the molecule is COC(=O)[C@H]1CN(C(=O)CN(Cc2ccccc2)S(=O)(=O)c2ccc(Br)cc2)c2ccccc2O1. The third-order valence-corrected chi connectivity index (χ3v) is 7.84. The summed E-state index contributed by atoms with van der Waals surface area (Å²) in [6.07, 6.45) is -1.02. The zero-order chi connectivity index (χ0) is 25.0. The number of amides is 1. The summed E-state index contributed by atoms with van der Waals surface area (Å²) in [5, 5.41) is 0. The van der Waals surface area contributed by atoms with Crippen LogP contribution in [0, 0.1) is 0 Å². The van der Waals surface area contributed by atoms with Crippen LogP contribution in [-0.2, 0) is 30.9 Å². The Balaban J connectivity index is 1.67. The van der Waals surface area contributed by atoms with E-state index in [2.05, 4.69) is 15.9 Å². The molecule has 182 valence electrons. The number of methoxy groups -OCH3 is 1. The summed E-state index contributed by atoms with van der Waals surface area (Å²) in [6, 6.07) is 22.1. The first-order valence-corrected chi connectivity index (χ1v) is 13.0. The van der Waals surface area contributed by atoms with Crippen molar-refractivity contribution in [3.63, 3.8) is 0 Å². The molecular weight excluding hydrogens is 536 g/mol. The number of anilines is 1. The molecule has 1 amide bonds. The van der Waals surface area contributed by atoms with E-state index in [1.807, 2.05) is 6.07 Å². The second-order valence-electron chi connectivity index (χ2n) is 7.81. The summed E-state index contributed by atoms with van der Waals surface area (Å²) in [5.41, 5.74) is 1.19. The van der Waals surface area contributed by atoms with Gasteiger partial charge in [-0.1, -0.05) is 58.4 Å². The molecule has 0 saturated carbocycles. The monoisotopic (exact) mass is 558 g/mol. The van der Waals surface area contributed by atoms with E-state index in [1.54, 1.807) is 60.7 Å². The molecule has 0 spiro atoms. The molecule has 0 aromatic heterocycles. The Morgan fingerprint density at radius 1 is 1.03 bits per heavy atom. The van der Waals surface area contributed by atoms with E-state index in [4.69, 9.17) is 9.47 Å². The molecule has 4 rings (SSSR count). The number of nitrogens with zero attached hydrogens (tertiary/aromatic N) is 2. The van der Waals surface area contributed by atoms with Gasteiger partial charge in [0.15, 0.2) is 0 Å². The molecule has 0 N–H and O–H groups in total. The maximum Gasteiger partial charge on any atom is 0.348 e. The highest BCUT2D eigenvalue weighted by Crippen LogP contribution is 2.34. The average Bonchev–Trinajstić information content (AvgIpc) is 2.88. The number of para-hydroxylation sites is 2. The molecule has 0 bridgehead atoms. The highest BCUT2D eigenvalue weighted by molar-refractivity contribution is 9.10. The van der Waals surface area contributed by atoms with Crippen molar-refractivity contribution in [3.05, 3.63) is 88.9 Å². The Hall–Kier alpha value is -3.21. The molecule has 0 fully saturated rings. The Kier molecular flexibility index (Phi) is 7.54. The summed E-state index contributed by atoms with van der Waals surface area (Å²) in [5.74, 6) is -0.778. The maximum atomic E-state index is 13.6. The van der Waals surface area contributed by atoms with Crippen molar-refractivity contribution in [2.24, 2.45) is 0 Å². The van der Waals surface area contributed by atoms with Crippen LogP contribution in [0.15, 0.2) is 88.2 Å². The summed E-state index contributed by atoms with van der Waals surface area (Å²) in [4.78, 5) is 27.2. The average molecular weight is 559 g/mol. The van der Waals surface area contributed by atoms with Crippen LogP contribution < -0.4 is 9.64 Å². The number of carbonyl (C=O) groups excluding carboxylic acids is 2. The second kappa shape index (κ2) is 10.6. The Bertz CT molecular complexity index is 1320. The Morgan fingerprint density at radius 3 is 2.37 bits per heavy atom. The standard InChI is InChI=1S/C25H23BrN2O6S/c1-33-25(30)23-16-28(21-9-5-6-10-22(21)34-23)24(29)17-27(15-18-7-3-2-4-8-18)35(31,32)20-13-11-19(26)12-14-20/h2-14,23H,15-17H2,1H3/t23-/m1/s1. The molecule has 8 nitrogen and oxygen atoms in total. The molecule has 3 aromatic carbocycles. The predicted molar refractivity (Wildman–Crippen MR) is 133 cm³/mol. The highest BCUT2D eigenvalue weighted by atomic mass is 79.9. The number of carbonyl (C=O) groups is 2. The fraction of sp³-hybridized carbons (Fsp3) is 0.200. The smallest absolute Gasteiger partial charge is 0.348 e. The summed E-state index contributed by atoms with van der Waals surface area (Å²) >= 11 is 3.32. The van der Waals surface area contributed by atoms with Gasteiger partial charge in [-0.15, -0.1) is 0 Å². The van der Waals surface area contributed by atoms with Crippen LogP contribution in [-0.4, -0.2) is 50.9 Å². The van der Waals surface area contributed by atoms with Crippen LogP contribution in [0.1, 0.15) is 5.56 Å². The van der Waals surface area contributed by atoms with E-state index in [1.165, 1.54) is 24.1 Å². The molecule has 1 aliphatic rings. The van der Waals surface area contributed by atoms with Gasteiger partial charge in [0, 0.05) is 11.0 Å². The second-order valence-corrected chi connectivity index (χ2v) is 10.7. The van der Waals surface area contributed by atoms with Gasteiger partial charge in [-0.2, -0.15) is 4.31 Å². The number of halogens is 1. The van der Waals surface area contributed by atoms with Crippen molar-refractivity contribution in [2.45, 2.75) is 17.5 Å². The van der Waals surface area contributed by atoms with Crippen LogP contribution in [0.2, 0.25) is 0 Å². The highest BCUT2D eigenvalue weighted by Gasteiger charge is 2.36. The van der Waals surface area contributed by atoms with Crippen molar-refractivity contribution in [3.8, 4) is 5.75 Å². The normalized spacial score (nSPS) is 15.3. The maximum absolute atomic E-state index is 13.6. The third kappa shape index (κ3) is 5.55. The first-order chi connectivity index (χ1) is 16.8. The van der Waals surface area contributed by atoms with Gasteiger partial charge < -0.3 is 14.4 Å². The van der Waals surface area contributed by atoms with Gasteiger partial charge in [-0.3, -0.25) is 4.79 Å². The van der Waals surface area contributed by atoms with Gasteiger partial charge >= 0.3 is 5.97 Å². The molecule has 0 unspecified atom stereocenters. The number of rotatable bonds is 7. The van der Waals surface area contributed by atoms with Crippen LogP contribution in [0.5, 0.6) is 5.75 Å². The zero-order valence-corrected chi connectivity index (χ0v) is 21.2. The molecule has 10 heteroatoms. The lowest BCUT2D eigenvalue weighted by Gasteiger charge is -2.34. The minimum Gasteiger partial charge on any atom is -0.475 e. The summed E-state index contributed by atoms with van der Waals surface area (Å²) in [6.45, 7) is -0.535. The summed E-state index contributed by atoms with van der Waals surface area (Å²) in [7, 11) is -2.78. The number of hydrogen-bond acceptors (Lipinski definition) is 6. The van der Waals surface area contributed by atoms with Crippen molar-refractivity contribution >= 4 is 43.5 Å². The quantitative estimate of drug-likeness (QED) is 0.411. The Labute approximate surface area is 212 Å². The molecule has 3 aromatic rings. The van der Waals surface area contributed by atoms with Gasteiger partial charge in [0.2, 0.25) is 22.0 Å². The van der Waals surface area contributed by atoms with Crippen molar-refractivity contribution < 1.29 is 27.5 Å². The number of fused-ring (bicyclic) bond motifs is 1. The Morgan fingerprint density at radius 2 is 1.69 bits per heavy atom. The van der Waals surface area contributed by atoms with Crippen LogP contribution in [0.25, 0.3) is 0 Å². The van der Waals surface area contributed by atoms with Crippen molar-refractivity contribution in [1.82, 2.24) is 4.31 Å². The fourth-order valence-corrected chi connectivity index (χ4v) is 5.37. The molecule has 0 aliphatic carbocycles.